The monoisotopic (exact) mass is 297 g/mol. The number of guanidine groups is 1. The predicted octanol–water partition coefficient (Wildman–Crippen LogP) is 1.88. The summed E-state index contributed by atoms with van der Waals surface area (Å²) in [6, 6.07) is 0. The molecule has 5 nitrogen and oxygen atoms in total. The average molecular weight is 297 g/mol. The smallest absolute Gasteiger partial charge is 0.194 e. The minimum Gasteiger partial charge on any atom is -0.377 e. The summed E-state index contributed by atoms with van der Waals surface area (Å²) in [4.78, 5) is 6.74. The number of likely N-dealkylation sites (tertiary alicyclic amines) is 1. The van der Waals surface area contributed by atoms with Crippen LogP contribution in [0.5, 0.6) is 0 Å². The first-order valence-corrected chi connectivity index (χ1v) is 8.06. The molecular weight excluding hydrogens is 266 g/mol. The summed E-state index contributed by atoms with van der Waals surface area (Å²) in [5.41, 5.74) is 0.453. The zero-order valence-electron chi connectivity index (χ0n) is 14.2. The average Bonchev–Trinajstić information content (AvgIpc) is 2.94. The summed E-state index contributed by atoms with van der Waals surface area (Å²) >= 11 is 0. The van der Waals surface area contributed by atoms with Crippen LogP contribution in [0.25, 0.3) is 0 Å². The summed E-state index contributed by atoms with van der Waals surface area (Å²) in [5.74, 6) is 0.972. The first kappa shape index (κ1) is 16.6. The fourth-order valence-corrected chi connectivity index (χ4v) is 2.92. The van der Waals surface area contributed by atoms with E-state index in [-0.39, 0.29) is 5.54 Å². The molecule has 1 atom stereocenters. The predicted molar refractivity (Wildman–Crippen MR) is 85.7 cm³/mol. The van der Waals surface area contributed by atoms with Crippen LogP contribution in [0.2, 0.25) is 0 Å². The lowest BCUT2D eigenvalue weighted by Crippen LogP contribution is -2.72. The number of nitrogens with zero attached hydrogens (tertiary/aromatic N) is 2. The Hall–Kier alpha value is -0.810. The van der Waals surface area contributed by atoms with E-state index >= 15 is 0 Å². The minimum atomic E-state index is 0.132. The van der Waals surface area contributed by atoms with Crippen molar-refractivity contribution in [2.24, 2.45) is 10.4 Å². The Morgan fingerprint density at radius 2 is 2.14 bits per heavy atom. The standard InChI is InChI=1S/C16H31N3O2/c1-15(2)12-19(16(15,3)4)14(17-5)18-8-10-20-11-13-7-6-9-21-13/h13H,6-12H2,1-5H3,(H,17,18). The molecule has 2 rings (SSSR count). The maximum absolute atomic E-state index is 5.68. The molecule has 0 bridgehead atoms. The van der Waals surface area contributed by atoms with Crippen molar-refractivity contribution in [2.75, 3.05) is 40.0 Å². The second-order valence-electron chi connectivity index (χ2n) is 7.21. The summed E-state index contributed by atoms with van der Waals surface area (Å²) < 4.78 is 11.2. The van der Waals surface area contributed by atoms with Gasteiger partial charge in [0.15, 0.2) is 5.96 Å². The van der Waals surface area contributed by atoms with Crippen molar-refractivity contribution < 1.29 is 9.47 Å². The SMILES string of the molecule is CN=C(NCCOCC1CCCO1)N1CC(C)(C)C1(C)C. The number of hydrogen-bond donors (Lipinski definition) is 1. The van der Waals surface area contributed by atoms with Crippen molar-refractivity contribution in [3.63, 3.8) is 0 Å². The molecule has 0 aromatic carbocycles. The van der Waals surface area contributed by atoms with Crippen LogP contribution < -0.4 is 5.32 Å². The second kappa shape index (κ2) is 6.53. The van der Waals surface area contributed by atoms with Gasteiger partial charge in [-0.15, -0.1) is 0 Å². The van der Waals surface area contributed by atoms with Gasteiger partial charge in [0.2, 0.25) is 0 Å². The normalized spacial score (nSPS) is 27.6. The van der Waals surface area contributed by atoms with Gasteiger partial charge in [0.25, 0.3) is 0 Å². The molecule has 21 heavy (non-hydrogen) atoms. The molecule has 122 valence electrons. The van der Waals surface area contributed by atoms with Crippen molar-refractivity contribution in [3.05, 3.63) is 0 Å². The summed E-state index contributed by atoms with van der Waals surface area (Å²) in [6.07, 6.45) is 2.60. The number of rotatable bonds is 5. The van der Waals surface area contributed by atoms with Gasteiger partial charge in [0.05, 0.1) is 19.3 Å². The van der Waals surface area contributed by atoms with Gasteiger partial charge in [-0.3, -0.25) is 4.99 Å². The van der Waals surface area contributed by atoms with Crippen molar-refractivity contribution in [1.82, 2.24) is 10.2 Å². The molecule has 0 aliphatic carbocycles. The van der Waals surface area contributed by atoms with Crippen LogP contribution in [0.3, 0.4) is 0 Å². The molecule has 2 aliphatic rings. The van der Waals surface area contributed by atoms with E-state index in [1.807, 2.05) is 7.05 Å². The molecule has 0 radical (unpaired) electrons. The van der Waals surface area contributed by atoms with Gasteiger partial charge in [-0.1, -0.05) is 13.8 Å². The highest BCUT2D eigenvalue weighted by Gasteiger charge is 2.53. The highest BCUT2D eigenvalue weighted by molar-refractivity contribution is 5.81. The Morgan fingerprint density at radius 1 is 1.38 bits per heavy atom. The third-order valence-corrected chi connectivity index (χ3v) is 5.21. The Morgan fingerprint density at radius 3 is 2.67 bits per heavy atom. The number of aliphatic imine (C=N–C) groups is 1. The summed E-state index contributed by atoms with van der Waals surface area (Å²) in [6.45, 7) is 13.3. The van der Waals surface area contributed by atoms with Crippen LogP contribution in [0.4, 0.5) is 0 Å². The Balaban J connectivity index is 1.67. The van der Waals surface area contributed by atoms with Gasteiger partial charge in [0, 0.05) is 37.7 Å². The van der Waals surface area contributed by atoms with Gasteiger partial charge in [-0.25, -0.2) is 0 Å². The largest absolute Gasteiger partial charge is 0.377 e. The quantitative estimate of drug-likeness (QED) is 0.478. The topological polar surface area (TPSA) is 46.1 Å². The van der Waals surface area contributed by atoms with E-state index in [9.17, 15) is 0 Å². The maximum Gasteiger partial charge on any atom is 0.194 e. The molecule has 2 fully saturated rings. The molecule has 2 aliphatic heterocycles. The van der Waals surface area contributed by atoms with Gasteiger partial charge in [-0.2, -0.15) is 0 Å². The Bertz CT molecular complexity index is 374. The molecule has 0 saturated carbocycles. The van der Waals surface area contributed by atoms with E-state index in [1.54, 1.807) is 0 Å². The first-order valence-electron chi connectivity index (χ1n) is 8.06. The molecule has 2 saturated heterocycles. The van der Waals surface area contributed by atoms with Crippen molar-refractivity contribution in [3.8, 4) is 0 Å². The molecule has 2 heterocycles. The fourth-order valence-electron chi connectivity index (χ4n) is 2.92. The second-order valence-corrected chi connectivity index (χ2v) is 7.21. The van der Waals surface area contributed by atoms with E-state index in [4.69, 9.17) is 9.47 Å². The van der Waals surface area contributed by atoms with Crippen LogP contribution in [-0.2, 0) is 9.47 Å². The third-order valence-electron chi connectivity index (χ3n) is 5.21. The van der Waals surface area contributed by atoms with Gasteiger partial charge in [0.1, 0.15) is 0 Å². The Kier molecular flexibility index (Phi) is 5.15. The lowest BCUT2D eigenvalue weighted by atomic mass is 9.65. The van der Waals surface area contributed by atoms with Crippen LogP contribution in [0.15, 0.2) is 4.99 Å². The number of nitrogens with one attached hydrogen (secondary N) is 1. The molecule has 0 aromatic rings. The molecule has 0 aromatic heterocycles. The highest BCUT2D eigenvalue weighted by Crippen LogP contribution is 2.46. The zero-order valence-corrected chi connectivity index (χ0v) is 14.2. The number of ether oxygens (including phenoxy) is 2. The molecular formula is C16H31N3O2. The van der Waals surface area contributed by atoms with Crippen LogP contribution in [0.1, 0.15) is 40.5 Å². The maximum atomic E-state index is 5.68. The summed E-state index contributed by atoms with van der Waals surface area (Å²) in [5, 5.41) is 3.40. The van der Waals surface area contributed by atoms with Gasteiger partial charge < -0.3 is 19.7 Å². The van der Waals surface area contributed by atoms with Crippen molar-refractivity contribution in [2.45, 2.75) is 52.2 Å². The first-order chi connectivity index (χ1) is 9.88. The third kappa shape index (κ3) is 3.51. The van der Waals surface area contributed by atoms with Crippen LogP contribution in [0, 0.1) is 5.41 Å². The Labute approximate surface area is 129 Å². The van der Waals surface area contributed by atoms with E-state index in [0.29, 0.717) is 24.7 Å². The van der Waals surface area contributed by atoms with Gasteiger partial charge >= 0.3 is 0 Å². The molecule has 5 heteroatoms. The van der Waals surface area contributed by atoms with E-state index in [0.717, 1.165) is 32.1 Å². The van der Waals surface area contributed by atoms with E-state index < -0.39 is 0 Å². The molecule has 1 N–H and O–H groups in total. The van der Waals surface area contributed by atoms with Crippen molar-refractivity contribution >= 4 is 5.96 Å². The van der Waals surface area contributed by atoms with Gasteiger partial charge in [-0.05, 0) is 26.7 Å². The molecule has 0 amide bonds. The van der Waals surface area contributed by atoms with Crippen molar-refractivity contribution in [1.29, 1.82) is 0 Å². The van der Waals surface area contributed by atoms with Crippen LogP contribution in [-0.4, -0.2) is 62.5 Å². The molecule has 0 spiro atoms. The fraction of sp³-hybridized carbons (Fsp3) is 0.938. The summed E-state index contributed by atoms with van der Waals surface area (Å²) in [7, 11) is 1.84. The van der Waals surface area contributed by atoms with E-state index in [2.05, 4.69) is 42.9 Å². The van der Waals surface area contributed by atoms with Crippen LogP contribution >= 0.6 is 0 Å². The highest BCUT2D eigenvalue weighted by atomic mass is 16.5. The number of hydrogen-bond acceptors (Lipinski definition) is 3. The lowest BCUT2D eigenvalue weighted by Gasteiger charge is -2.62. The van der Waals surface area contributed by atoms with E-state index in [1.165, 1.54) is 6.42 Å². The molecule has 1 unspecified atom stereocenters. The zero-order chi connectivity index (χ0) is 15.5. The lowest BCUT2D eigenvalue weighted by molar-refractivity contribution is -0.0669. The minimum absolute atomic E-state index is 0.132.